The molecule has 21 heteroatoms. The Hall–Kier alpha value is -5.91. The lowest BCUT2D eigenvalue weighted by Crippen LogP contribution is -2.36. The first-order valence-electron chi connectivity index (χ1n) is 16.0. The molecule has 0 aliphatic rings. The van der Waals surface area contributed by atoms with Crippen LogP contribution in [-0.4, -0.2) is 33.1 Å². The summed E-state index contributed by atoms with van der Waals surface area (Å²) < 4.78 is 9.82. The maximum atomic E-state index is 11.4. The summed E-state index contributed by atoms with van der Waals surface area (Å²) in [6, 6.07) is 13.6. The van der Waals surface area contributed by atoms with Gasteiger partial charge in [0.2, 0.25) is 11.5 Å². The van der Waals surface area contributed by atoms with Crippen molar-refractivity contribution in [2.75, 3.05) is 35.7 Å². The van der Waals surface area contributed by atoms with E-state index in [4.69, 9.17) is 84.7 Å². The zero-order chi connectivity index (χ0) is 42.1. The molecule has 0 bridgehead atoms. The average molecular weight is 877 g/mol. The van der Waals surface area contributed by atoms with Crippen LogP contribution in [0.25, 0.3) is 22.5 Å². The van der Waals surface area contributed by atoms with E-state index in [1.54, 1.807) is 56.3 Å². The van der Waals surface area contributed by atoms with Gasteiger partial charge in [-0.2, -0.15) is 0 Å². The molecule has 0 aliphatic heterocycles. The summed E-state index contributed by atoms with van der Waals surface area (Å²) in [5.74, 6) is 0.489. The smallest absolute Gasteiger partial charge is 0.275 e. The van der Waals surface area contributed by atoms with E-state index in [9.17, 15) is 28.8 Å². The number of aromatic nitrogens is 4. The van der Waals surface area contributed by atoms with Gasteiger partial charge in [0.15, 0.2) is 0 Å². The number of hydrogen-bond donors (Lipinski definition) is 4. The Labute approximate surface area is 345 Å². The molecule has 0 saturated carbocycles. The summed E-state index contributed by atoms with van der Waals surface area (Å²) in [4.78, 5) is 80.4. The molecule has 57 heavy (non-hydrogen) atoms. The van der Waals surface area contributed by atoms with E-state index >= 15 is 0 Å². The lowest BCUT2D eigenvalue weighted by molar-refractivity contribution is 0.274. The van der Waals surface area contributed by atoms with Crippen molar-refractivity contribution in [2.24, 2.45) is 0 Å². The SMILES string of the molecule is CCOc1c(OCC)c(=O)c1=O.Clc1cc(-c2ccc(Cl)c(Cl)c2)ncn1.Nc1c(N)c(=O)c1=O.Nc1c(Nc2cc(-c3ccc(Cl)c(Cl)c3)ncn2)c(=O)c1=O. The Kier molecular flexibility index (Phi) is 14.8. The summed E-state index contributed by atoms with van der Waals surface area (Å²) in [5.41, 5.74) is 14.1. The molecular weight excluding hydrogens is 850 g/mol. The van der Waals surface area contributed by atoms with Gasteiger partial charge in [-0.25, -0.2) is 19.9 Å². The predicted octanol–water partition coefficient (Wildman–Crippen LogP) is 5.00. The number of nitrogen functional groups attached to an aromatic ring is 3. The molecule has 0 amide bonds. The van der Waals surface area contributed by atoms with E-state index in [0.29, 0.717) is 55.7 Å². The molecule has 0 spiro atoms. The average Bonchev–Trinajstić information content (AvgIpc) is 3.22. The van der Waals surface area contributed by atoms with Crippen molar-refractivity contribution in [1.82, 2.24) is 19.9 Å². The monoisotopic (exact) mass is 874 g/mol. The zero-order valence-corrected chi connectivity index (χ0v) is 33.1. The van der Waals surface area contributed by atoms with Crippen LogP contribution in [0.4, 0.5) is 28.6 Å². The molecule has 0 radical (unpaired) electrons. The highest BCUT2D eigenvalue weighted by Gasteiger charge is 2.23. The van der Waals surface area contributed by atoms with E-state index in [-0.39, 0.29) is 34.2 Å². The second kappa shape index (κ2) is 19.3. The van der Waals surface area contributed by atoms with Crippen molar-refractivity contribution < 1.29 is 9.47 Å². The Bertz CT molecular complexity index is 2730. The molecular formula is C36H27Cl5N8O8. The summed E-state index contributed by atoms with van der Waals surface area (Å²) in [7, 11) is 0. The maximum Gasteiger partial charge on any atom is 0.275 e. The van der Waals surface area contributed by atoms with Crippen molar-refractivity contribution in [3.05, 3.63) is 148 Å². The van der Waals surface area contributed by atoms with Crippen molar-refractivity contribution in [1.29, 1.82) is 0 Å². The standard InChI is InChI=1S/C14H8Cl2N4O2.C10H5Cl3N2.C8H10O4.C4H4N2O2/c15-7-2-1-6(3-8(7)16)9-4-10(19-5-18-9)20-12-11(17)13(21)14(12)22;11-7-2-1-6(3-8(7)12)9-4-10(13)15-5-14-9;1-3-11-7-5(9)6(10)8(7)12-4-2;5-1-2(6)4(8)3(1)7/h1-5H,17H2,(H,18,19,20);1-5H;3-4H2,1-2H3;5-6H2. The minimum Gasteiger partial charge on any atom is -0.486 e. The number of anilines is 5. The van der Waals surface area contributed by atoms with Crippen molar-refractivity contribution in [3.63, 3.8) is 0 Å². The molecule has 0 unspecified atom stereocenters. The Morgan fingerprint density at radius 3 is 1.37 bits per heavy atom. The second-order valence-electron chi connectivity index (χ2n) is 11.0. The first-order valence-corrected chi connectivity index (χ1v) is 17.9. The normalized spacial score (nSPS) is 10.4. The Balaban J connectivity index is 0.000000180. The molecule has 0 aliphatic carbocycles. The highest BCUT2D eigenvalue weighted by Crippen LogP contribution is 2.30. The molecule has 16 nitrogen and oxygen atoms in total. The third kappa shape index (κ3) is 10.3. The minimum atomic E-state index is -0.693. The van der Waals surface area contributed by atoms with Crippen LogP contribution >= 0.6 is 58.0 Å². The third-order valence-corrected chi connectivity index (χ3v) is 9.00. The van der Waals surface area contributed by atoms with Gasteiger partial charge in [0, 0.05) is 23.3 Å². The van der Waals surface area contributed by atoms with Gasteiger partial charge in [0.25, 0.3) is 32.6 Å². The van der Waals surface area contributed by atoms with Gasteiger partial charge in [0.05, 0.1) is 44.7 Å². The second-order valence-corrected chi connectivity index (χ2v) is 13.0. The fraction of sp³-hybridized carbons (Fsp3) is 0.111. The quantitative estimate of drug-likeness (QED) is 0.116. The summed E-state index contributed by atoms with van der Waals surface area (Å²) >= 11 is 29.3. The van der Waals surface area contributed by atoms with Gasteiger partial charge in [-0.15, -0.1) is 0 Å². The number of nitrogens with two attached hydrogens (primary N) is 3. The molecule has 0 fully saturated rings. The van der Waals surface area contributed by atoms with Crippen molar-refractivity contribution in [2.45, 2.75) is 13.8 Å². The third-order valence-electron chi connectivity index (χ3n) is 7.32. The van der Waals surface area contributed by atoms with E-state index in [0.717, 1.165) is 11.1 Å². The van der Waals surface area contributed by atoms with Gasteiger partial charge in [-0.05, 0) is 38.1 Å². The van der Waals surface area contributed by atoms with Gasteiger partial charge in [-0.1, -0.05) is 70.1 Å². The van der Waals surface area contributed by atoms with Crippen molar-refractivity contribution in [3.8, 4) is 34.0 Å². The van der Waals surface area contributed by atoms with Crippen LogP contribution in [0.5, 0.6) is 11.5 Å². The number of benzene rings is 2. The summed E-state index contributed by atoms with van der Waals surface area (Å²) in [6.45, 7) is 4.22. The van der Waals surface area contributed by atoms with Crippen LogP contribution in [0.1, 0.15) is 13.8 Å². The van der Waals surface area contributed by atoms with Gasteiger partial charge < -0.3 is 32.0 Å². The molecule has 0 atom stereocenters. The summed E-state index contributed by atoms with van der Waals surface area (Å²) in [6.07, 6.45) is 2.72. The van der Waals surface area contributed by atoms with Gasteiger partial charge in [0.1, 0.15) is 46.4 Å². The molecule has 5 aromatic carbocycles. The number of nitrogens with zero attached hydrogens (tertiary/aromatic N) is 4. The van der Waals surface area contributed by atoms with Crippen LogP contribution in [0.2, 0.25) is 25.2 Å². The van der Waals surface area contributed by atoms with Crippen LogP contribution in [-0.2, 0) is 0 Å². The molecule has 2 aromatic heterocycles. The fourth-order valence-electron chi connectivity index (χ4n) is 4.37. The first-order chi connectivity index (χ1) is 27.0. The lowest BCUT2D eigenvalue weighted by Gasteiger charge is -2.10. The number of halogens is 5. The lowest BCUT2D eigenvalue weighted by atomic mass is 10.1. The fourth-order valence-corrected chi connectivity index (χ4v) is 5.12. The predicted molar refractivity (Wildman–Crippen MR) is 223 cm³/mol. The number of ether oxygens (including phenoxy) is 2. The van der Waals surface area contributed by atoms with Crippen LogP contribution in [0, 0.1) is 0 Å². The van der Waals surface area contributed by atoms with E-state index in [1.165, 1.54) is 12.7 Å². The van der Waals surface area contributed by atoms with Crippen molar-refractivity contribution >= 4 is 86.6 Å². The largest absolute Gasteiger partial charge is 0.486 e. The number of rotatable bonds is 8. The minimum absolute atomic E-state index is 0.0452. The van der Waals surface area contributed by atoms with E-state index < -0.39 is 32.6 Å². The molecule has 2 heterocycles. The number of nitrogens with one attached hydrogen (secondary N) is 1. The zero-order valence-electron chi connectivity index (χ0n) is 29.4. The molecule has 7 aromatic rings. The molecule has 294 valence electrons. The molecule has 7 N–H and O–H groups in total. The van der Waals surface area contributed by atoms with Crippen LogP contribution in [0.3, 0.4) is 0 Å². The van der Waals surface area contributed by atoms with Crippen LogP contribution in [0.15, 0.2) is 90.0 Å². The highest BCUT2D eigenvalue weighted by atomic mass is 35.5. The van der Waals surface area contributed by atoms with Gasteiger partial charge in [-0.3, -0.25) is 28.8 Å². The van der Waals surface area contributed by atoms with E-state index in [1.807, 2.05) is 6.07 Å². The molecule has 7 rings (SSSR count). The van der Waals surface area contributed by atoms with Crippen LogP contribution < -0.4 is 64.6 Å². The summed E-state index contributed by atoms with van der Waals surface area (Å²) in [5, 5.41) is 4.96. The topological polar surface area (TPSA) is 263 Å². The molecule has 0 saturated heterocycles. The number of hydrogen-bond acceptors (Lipinski definition) is 16. The maximum absolute atomic E-state index is 11.4. The van der Waals surface area contributed by atoms with E-state index in [2.05, 4.69) is 25.3 Å². The first kappa shape index (κ1) is 43.8. The highest BCUT2D eigenvalue weighted by molar-refractivity contribution is 6.42. The van der Waals surface area contributed by atoms with Gasteiger partial charge >= 0.3 is 0 Å². The Morgan fingerprint density at radius 2 is 0.965 bits per heavy atom. The Morgan fingerprint density at radius 1 is 0.526 bits per heavy atom.